The van der Waals surface area contributed by atoms with Crippen LogP contribution in [0.1, 0.15) is 50.7 Å². The fourth-order valence-electron chi connectivity index (χ4n) is 3.50. The Bertz CT molecular complexity index is 460. The second-order valence-electron chi connectivity index (χ2n) is 5.89. The molecule has 18 heavy (non-hydrogen) atoms. The third-order valence-corrected chi connectivity index (χ3v) is 4.77. The van der Waals surface area contributed by atoms with Crippen LogP contribution in [0.5, 0.6) is 5.75 Å². The summed E-state index contributed by atoms with van der Waals surface area (Å²) >= 11 is 3.45. The van der Waals surface area contributed by atoms with E-state index in [0.717, 1.165) is 35.0 Å². The number of aliphatic hydroxyl groups excluding tert-OH is 1. The van der Waals surface area contributed by atoms with E-state index >= 15 is 0 Å². The van der Waals surface area contributed by atoms with Gasteiger partial charge in [0.2, 0.25) is 0 Å². The zero-order valence-corrected chi connectivity index (χ0v) is 12.2. The summed E-state index contributed by atoms with van der Waals surface area (Å²) in [5.74, 6) is 1.56. The normalized spacial score (nSPS) is 35.1. The van der Waals surface area contributed by atoms with Crippen LogP contribution in [0.2, 0.25) is 0 Å². The molecular weight excluding hydrogens is 292 g/mol. The fraction of sp³-hybridized carbons (Fsp3) is 0.600. The number of halogens is 1. The molecule has 2 aliphatic rings. The van der Waals surface area contributed by atoms with Crippen molar-refractivity contribution in [1.29, 1.82) is 0 Å². The largest absolute Gasteiger partial charge is 0.487 e. The van der Waals surface area contributed by atoms with Gasteiger partial charge in [-0.1, -0.05) is 29.3 Å². The summed E-state index contributed by atoms with van der Waals surface area (Å²) in [4.78, 5) is 0. The number of hydrogen-bond acceptors (Lipinski definition) is 2. The summed E-state index contributed by atoms with van der Waals surface area (Å²) in [6.07, 6.45) is 4.98. The highest BCUT2D eigenvalue weighted by molar-refractivity contribution is 9.10. The molecule has 1 saturated carbocycles. The summed E-state index contributed by atoms with van der Waals surface area (Å²) < 4.78 is 7.27. The smallest absolute Gasteiger partial charge is 0.126 e. The fourth-order valence-corrected chi connectivity index (χ4v) is 3.88. The van der Waals surface area contributed by atoms with E-state index in [1.165, 1.54) is 12.8 Å². The van der Waals surface area contributed by atoms with Crippen LogP contribution in [0.3, 0.4) is 0 Å². The Kier molecular flexibility index (Phi) is 3.15. The first-order chi connectivity index (χ1) is 8.58. The van der Waals surface area contributed by atoms with E-state index in [9.17, 15) is 5.11 Å². The van der Waals surface area contributed by atoms with Crippen molar-refractivity contribution in [2.75, 3.05) is 0 Å². The van der Waals surface area contributed by atoms with E-state index in [1.54, 1.807) is 0 Å². The van der Waals surface area contributed by atoms with Crippen LogP contribution in [-0.2, 0) is 0 Å². The summed E-state index contributed by atoms with van der Waals surface area (Å²) in [6, 6.07) is 5.93. The highest BCUT2D eigenvalue weighted by atomic mass is 79.9. The van der Waals surface area contributed by atoms with Crippen molar-refractivity contribution in [2.24, 2.45) is 5.92 Å². The Morgan fingerprint density at radius 3 is 3.00 bits per heavy atom. The molecule has 2 unspecified atom stereocenters. The third-order valence-electron chi connectivity index (χ3n) is 4.27. The lowest BCUT2D eigenvalue weighted by Crippen LogP contribution is -2.44. The predicted molar refractivity (Wildman–Crippen MR) is 74.7 cm³/mol. The van der Waals surface area contributed by atoms with Crippen molar-refractivity contribution >= 4 is 15.9 Å². The topological polar surface area (TPSA) is 29.5 Å². The molecule has 3 rings (SSSR count). The molecule has 0 amide bonds. The minimum absolute atomic E-state index is 0.127. The molecule has 1 N–H and O–H groups in total. The van der Waals surface area contributed by atoms with E-state index in [1.807, 2.05) is 18.2 Å². The number of rotatable bonds is 0. The van der Waals surface area contributed by atoms with E-state index in [0.29, 0.717) is 5.92 Å². The number of fused-ring (bicyclic) bond motifs is 1. The molecule has 1 aliphatic carbocycles. The molecule has 2 nitrogen and oxygen atoms in total. The maximum absolute atomic E-state index is 10.4. The number of ether oxygens (including phenoxy) is 1. The Morgan fingerprint density at radius 2 is 2.22 bits per heavy atom. The van der Waals surface area contributed by atoms with Gasteiger partial charge in [0.15, 0.2) is 0 Å². The second kappa shape index (κ2) is 4.53. The van der Waals surface area contributed by atoms with Crippen LogP contribution in [-0.4, -0.2) is 10.7 Å². The molecular formula is C15H19BrO2. The summed E-state index contributed by atoms with van der Waals surface area (Å²) in [5.41, 5.74) is 0.797. The van der Waals surface area contributed by atoms with Crippen LogP contribution in [0, 0.1) is 5.92 Å². The number of aliphatic hydroxyl groups is 1. The van der Waals surface area contributed by atoms with Crippen molar-refractivity contribution in [3.63, 3.8) is 0 Å². The molecule has 98 valence electrons. The van der Waals surface area contributed by atoms with Gasteiger partial charge in [-0.15, -0.1) is 0 Å². The lowest BCUT2D eigenvalue weighted by Gasteiger charge is -2.45. The maximum atomic E-state index is 10.4. The molecule has 1 aliphatic heterocycles. The van der Waals surface area contributed by atoms with Gasteiger partial charge in [0.25, 0.3) is 0 Å². The Hall–Kier alpha value is -0.540. The minimum atomic E-state index is -0.392. The quantitative estimate of drug-likeness (QED) is 0.777. The monoisotopic (exact) mass is 310 g/mol. The highest BCUT2D eigenvalue weighted by Crippen LogP contribution is 2.47. The summed E-state index contributed by atoms with van der Waals surface area (Å²) in [7, 11) is 0. The van der Waals surface area contributed by atoms with Crippen molar-refractivity contribution in [1.82, 2.24) is 0 Å². The molecule has 3 heteroatoms. The molecule has 1 fully saturated rings. The second-order valence-corrected chi connectivity index (χ2v) is 6.80. The van der Waals surface area contributed by atoms with Gasteiger partial charge in [0.1, 0.15) is 11.4 Å². The van der Waals surface area contributed by atoms with Gasteiger partial charge in [-0.2, -0.15) is 0 Å². The van der Waals surface area contributed by atoms with Gasteiger partial charge >= 0.3 is 0 Å². The van der Waals surface area contributed by atoms with Crippen LogP contribution in [0.15, 0.2) is 22.7 Å². The van der Waals surface area contributed by atoms with E-state index in [-0.39, 0.29) is 5.60 Å². The van der Waals surface area contributed by atoms with E-state index in [4.69, 9.17) is 4.74 Å². The molecule has 0 saturated heterocycles. The van der Waals surface area contributed by atoms with Gasteiger partial charge in [-0.25, -0.2) is 0 Å². The first kappa shape index (κ1) is 12.5. The average Bonchev–Trinajstić information content (AvgIpc) is 2.30. The molecule has 1 aromatic carbocycles. The van der Waals surface area contributed by atoms with Gasteiger partial charge in [-0.3, -0.25) is 0 Å². The molecule has 0 bridgehead atoms. The SMILES string of the molecule is CC1CCCC2(C1)C[C@H](O)c1cc(Br)ccc1O2. The molecule has 1 heterocycles. The van der Waals surface area contributed by atoms with Crippen molar-refractivity contribution in [2.45, 2.75) is 50.7 Å². The summed E-state index contributed by atoms with van der Waals surface area (Å²) in [5, 5.41) is 10.4. The molecule has 3 atom stereocenters. The van der Waals surface area contributed by atoms with Crippen molar-refractivity contribution in [3.8, 4) is 5.75 Å². The number of hydrogen-bond donors (Lipinski definition) is 1. The Morgan fingerprint density at radius 1 is 1.39 bits per heavy atom. The van der Waals surface area contributed by atoms with E-state index < -0.39 is 6.10 Å². The first-order valence-electron chi connectivity index (χ1n) is 6.74. The Balaban J connectivity index is 1.93. The van der Waals surface area contributed by atoms with Gasteiger partial charge in [0, 0.05) is 16.5 Å². The van der Waals surface area contributed by atoms with Crippen LogP contribution in [0.4, 0.5) is 0 Å². The predicted octanol–water partition coefficient (Wildman–Crippen LogP) is 4.21. The van der Waals surface area contributed by atoms with Crippen LogP contribution < -0.4 is 4.74 Å². The number of benzene rings is 1. The minimum Gasteiger partial charge on any atom is -0.487 e. The zero-order chi connectivity index (χ0) is 12.8. The summed E-state index contributed by atoms with van der Waals surface area (Å²) in [6.45, 7) is 2.29. The Labute approximate surface area is 116 Å². The zero-order valence-electron chi connectivity index (χ0n) is 10.7. The average molecular weight is 311 g/mol. The molecule has 1 aromatic rings. The molecule has 0 radical (unpaired) electrons. The van der Waals surface area contributed by atoms with Crippen molar-refractivity contribution in [3.05, 3.63) is 28.2 Å². The lowest BCUT2D eigenvalue weighted by atomic mass is 9.74. The van der Waals surface area contributed by atoms with Crippen molar-refractivity contribution < 1.29 is 9.84 Å². The molecule has 0 aromatic heterocycles. The van der Waals surface area contributed by atoms with Gasteiger partial charge in [-0.05, 0) is 43.4 Å². The maximum Gasteiger partial charge on any atom is 0.126 e. The van der Waals surface area contributed by atoms with E-state index in [2.05, 4.69) is 22.9 Å². The first-order valence-corrected chi connectivity index (χ1v) is 7.54. The van der Waals surface area contributed by atoms with Crippen LogP contribution in [0.25, 0.3) is 0 Å². The van der Waals surface area contributed by atoms with Gasteiger partial charge in [0.05, 0.1) is 6.10 Å². The lowest BCUT2D eigenvalue weighted by molar-refractivity contribution is -0.0496. The highest BCUT2D eigenvalue weighted by Gasteiger charge is 2.43. The van der Waals surface area contributed by atoms with Crippen LogP contribution >= 0.6 is 15.9 Å². The van der Waals surface area contributed by atoms with Gasteiger partial charge < -0.3 is 9.84 Å². The standard InChI is InChI=1S/C15H19BrO2/c1-10-3-2-6-15(8-10)9-13(17)12-7-11(16)4-5-14(12)18-15/h4-5,7,10,13,17H,2-3,6,8-9H2,1H3/t10?,13-,15?/m0/s1. The molecule has 1 spiro atoms. The third kappa shape index (κ3) is 2.19.